The van der Waals surface area contributed by atoms with Crippen molar-refractivity contribution in [2.75, 3.05) is 11.4 Å². The van der Waals surface area contributed by atoms with Gasteiger partial charge in [0, 0.05) is 23.3 Å². The van der Waals surface area contributed by atoms with Crippen molar-refractivity contribution >= 4 is 17.3 Å². The van der Waals surface area contributed by atoms with Crippen LogP contribution in [0.2, 0.25) is 0 Å². The van der Waals surface area contributed by atoms with E-state index in [0.29, 0.717) is 17.1 Å². The van der Waals surface area contributed by atoms with Gasteiger partial charge >= 0.3 is 0 Å². The van der Waals surface area contributed by atoms with E-state index in [1.165, 1.54) is 0 Å². The first-order valence-electron chi connectivity index (χ1n) is 9.15. The predicted octanol–water partition coefficient (Wildman–Crippen LogP) is 6.00. The van der Waals surface area contributed by atoms with Crippen molar-refractivity contribution < 1.29 is 4.39 Å². The number of anilines is 1. The van der Waals surface area contributed by atoms with E-state index >= 15 is 0 Å². The van der Waals surface area contributed by atoms with Crippen LogP contribution in [0.4, 0.5) is 10.1 Å². The molecule has 0 aromatic heterocycles. The molecule has 1 aliphatic heterocycles. The molecule has 3 rings (SSSR count). The van der Waals surface area contributed by atoms with Gasteiger partial charge in [-0.15, -0.1) is 0 Å². The molecule has 0 fully saturated rings. The third kappa shape index (κ3) is 3.24. The second-order valence-electron chi connectivity index (χ2n) is 7.63. The van der Waals surface area contributed by atoms with Crippen LogP contribution in [0.25, 0.3) is 11.6 Å². The molecule has 0 amide bonds. The van der Waals surface area contributed by atoms with Crippen molar-refractivity contribution in [1.29, 1.82) is 5.26 Å². The molecule has 0 aliphatic carbocycles. The first-order valence-corrected chi connectivity index (χ1v) is 9.15. The number of allylic oxidation sites excluding steroid dienone is 1. The van der Waals surface area contributed by atoms with Crippen molar-refractivity contribution in [3.8, 4) is 6.07 Å². The lowest BCUT2D eigenvalue weighted by Crippen LogP contribution is -2.48. The Morgan fingerprint density at radius 3 is 2.62 bits per heavy atom. The van der Waals surface area contributed by atoms with Crippen LogP contribution >= 0.6 is 0 Å². The average molecular weight is 348 g/mol. The highest BCUT2D eigenvalue weighted by Crippen LogP contribution is 2.44. The Bertz CT molecular complexity index is 875. The third-order valence-electron chi connectivity index (χ3n) is 5.33. The molecule has 2 aromatic carbocycles. The maximum Gasteiger partial charge on any atom is 0.132 e. The number of nitrogens with zero attached hydrogens (tertiary/aromatic N) is 2. The first kappa shape index (κ1) is 18.2. The summed E-state index contributed by atoms with van der Waals surface area (Å²) in [5, 5.41) is 9.52. The summed E-state index contributed by atoms with van der Waals surface area (Å²) < 4.78 is 14.9. The predicted molar refractivity (Wildman–Crippen MR) is 106 cm³/mol. The Labute approximate surface area is 155 Å². The average Bonchev–Trinajstić information content (AvgIpc) is 2.60. The summed E-state index contributed by atoms with van der Waals surface area (Å²) in [7, 11) is 0. The summed E-state index contributed by atoms with van der Waals surface area (Å²) in [6.45, 7) is 9.57. The van der Waals surface area contributed by atoms with Crippen molar-refractivity contribution in [3.05, 3.63) is 65.0 Å². The molecule has 0 radical (unpaired) electrons. The van der Waals surface area contributed by atoms with Gasteiger partial charge in [-0.2, -0.15) is 5.26 Å². The molecule has 26 heavy (non-hydrogen) atoms. The summed E-state index contributed by atoms with van der Waals surface area (Å²) in [5.41, 5.74) is 3.89. The lowest BCUT2D eigenvalue weighted by molar-refractivity contribution is 0.380. The maximum absolute atomic E-state index is 14.9. The molecule has 1 aliphatic rings. The van der Waals surface area contributed by atoms with Crippen LogP contribution in [0.5, 0.6) is 0 Å². The minimum Gasteiger partial charge on any atom is -0.366 e. The Hall–Kier alpha value is -2.60. The van der Waals surface area contributed by atoms with Crippen LogP contribution in [-0.4, -0.2) is 12.1 Å². The molecule has 1 atom stereocenters. The van der Waals surface area contributed by atoms with Crippen molar-refractivity contribution in [1.82, 2.24) is 0 Å². The molecule has 0 saturated heterocycles. The highest BCUT2D eigenvalue weighted by Gasteiger charge is 2.36. The number of fused-ring (bicyclic) bond motifs is 1. The number of nitriles is 1. The molecule has 2 aromatic rings. The van der Waals surface area contributed by atoms with Crippen LogP contribution in [0.1, 0.15) is 56.7 Å². The number of hydrogen-bond acceptors (Lipinski definition) is 2. The van der Waals surface area contributed by atoms with Gasteiger partial charge in [0.05, 0.1) is 11.6 Å². The molecule has 0 N–H and O–H groups in total. The van der Waals surface area contributed by atoms with E-state index in [0.717, 1.165) is 29.8 Å². The van der Waals surface area contributed by atoms with Gasteiger partial charge in [-0.3, -0.25) is 0 Å². The van der Waals surface area contributed by atoms with E-state index in [4.69, 9.17) is 0 Å². The number of hydrogen-bond donors (Lipinski definition) is 0. The van der Waals surface area contributed by atoms with Crippen LogP contribution in [0.3, 0.4) is 0 Å². The van der Waals surface area contributed by atoms with Crippen LogP contribution in [-0.2, 0) is 0 Å². The fourth-order valence-electron chi connectivity index (χ4n) is 4.18. The zero-order chi connectivity index (χ0) is 18.9. The van der Waals surface area contributed by atoms with E-state index < -0.39 is 0 Å². The van der Waals surface area contributed by atoms with E-state index in [1.807, 2.05) is 36.4 Å². The lowest BCUT2D eigenvalue weighted by Gasteiger charge is -2.47. The van der Waals surface area contributed by atoms with Gasteiger partial charge in [0.1, 0.15) is 5.82 Å². The second-order valence-corrected chi connectivity index (χ2v) is 7.63. The number of halogens is 1. The van der Waals surface area contributed by atoms with Crippen LogP contribution in [0, 0.1) is 17.1 Å². The number of rotatable bonds is 3. The summed E-state index contributed by atoms with van der Waals surface area (Å²) in [4.78, 5) is 2.28. The SMILES string of the molecule is CCN1c2cc(F)c(/C=C(/C#N)c3ccccc3)cc2C(C)CC1(C)C. The van der Waals surface area contributed by atoms with Gasteiger partial charge < -0.3 is 4.90 Å². The molecule has 1 unspecified atom stereocenters. The number of benzene rings is 2. The highest BCUT2D eigenvalue weighted by molar-refractivity contribution is 5.90. The van der Waals surface area contributed by atoms with Gasteiger partial charge in [-0.25, -0.2) is 4.39 Å². The summed E-state index contributed by atoms with van der Waals surface area (Å²) >= 11 is 0. The summed E-state index contributed by atoms with van der Waals surface area (Å²) in [6.07, 6.45) is 2.68. The van der Waals surface area contributed by atoms with E-state index in [-0.39, 0.29) is 11.4 Å². The minimum atomic E-state index is -0.282. The van der Waals surface area contributed by atoms with Gasteiger partial charge in [0.2, 0.25) is 0 Å². The Morgan fingerprint density at radius 2 is 2.00 bits per heavy atom. The van der Waals surface area contributed by atoms with Gasteiger partial charge in [0.25, 0.3) is 0 Å². The highest BCUT2D eigenvalue weighted by atomic mass is 19.1. The summed E-state index contributed by atoms with van der Waals surface area (Å²) in [5.74, 6) is 0.0635. The zero-order valence-corrected chi connectivity index (χ0v) is 15.9. The molecule has 0 spiro atoms. The van der Waals surface area contributed by atoms with Crippen molar-refractivity contribution in [2.24, 2.45) is 0 Å². The Kier molecular flexibility index (Phi) is 4.87. The monoisotopic (exact) mass is 348 g/mol. The van der Waals surface area contributed by atoms with Crippen LogP contribution in [0.15, 0.2) is 42.5 Å². The fraction of sp³-hybridized carbons (Fsp3) is 0.348. The first-order chi connectivity index (χ1) is 12.4. The Morgan fingerprint density at radius 1 is 1.31 bits per heavy atom. The van der Waals surface area contributed by atoms with Gasteiger partial charge in [-0.05, 0) is 62.4 Å². The molecule has 134 valence electrons. The fourth-order valence-corrected chi connectivity index (χ4v) is 4.18. The minimum absolute atomic E-state index is 0.00676. The molecule has 2 nitrogen and oxygen atoms in total. The molecule has 1 heterocycles. The quantitative estimate of drug-likeness (QED) is 0.502. The van der Waals surface area contributed by atoms with E-state index in [1.54, 1.807) is 12.1 Å². The topological polar surface area (TPSA) is 27.0 Å². The largest absolute Gasteiger partial charge is 0.366 e. The molecular weight excluding hydrogens is 323 g/mol. The van der Waals surface area contributed by atoms with Crippen LogP contribution < -0.4 is 4.90 Å². The summed E-state index contributed by atoms with van der Waals surface area (Å²) in [6, 6.07) is 15.2. The molecule has 0 saturated carbocycles. The zero-order valence-electron chi connectivity index (χ0n) is 15.9. The maximum atomic E-state index is 14.9. The van der Waals surface area contributed by atoms with E-state index in [9.17, 15) is 9.65 Å². The molecular formula is C23H25FN2. The molecule has 3 heteroatoms. The van der Waals surface area contributed by atoms with Crippen molar-refractivity contribution in [3.63, 3.8) is 0 Å². The third-order valence-corrected chi connectivity index (χ3v) is 5.33. The van der Waals surface area contributed by atoms with Gasteiger partial charge in [0.15, 0.2) is 0 Å². The van der Waals surface area contributed by atoms with Crippen molar-refractivity contribution in [2.45, 2.75) is 45.6 Å². The molecule has 0 bridgehead atoms. The standard InChI is InChI=1S/C23H25FN2/c1-5-26-22-13-21(24)18(12-20(22)16(2)14-23(26,3)4)11-19(15-25)17-9-7-6-8-10-17/h6-13,16H,5,14H2,1-4H3/b19-11-. The smallest absolute Gasteiger partial charge is 0.132 e. The lowest BCUT2D eigenvalue weighted by atomic mass is 9.79. The second kappa shape index (κ2) is 6.96. The van der Waals surface area contributed by atoms with Gasteiger partial charge in [-0.1, -0.05) is 37.3 Å². The van der Waals surface area contributed by atoms with E-state index in [2.05, 4.69) is 38.7 Å². The Balaban J connectivity index is 2.11. The normalized spacial score (nSPS) is 19.0.